The van der Waals surface area contributed by atoms with E-state index in [2.05, 4.69) is 26.5 Å². The van der Waals surface area contributed by atoms with E-state index in [1.165, 1.54) is 5.56 Å². The molecule has 2 fully saturated rings. The number of amides is 1. The van der Waals surface area contributed by atoms with Crippen LogP contribution in [0.5, 0.6) is 5.75 Å². The summed E-state index contributed by atoms with van der Waals surface area (Å²) in [6.45, 7) is 2.19. The predicted molar refractivity (Wildman–Crippen MR) is 114 cm³/mol. The number of nitrogens with one attached hydrogen (secondary N) is 2. The molecule has 7 nitrogen and oxygen atoms in total. The van der Waals surface area contributed by atoms with Crippen molar-refractivity contribution in [1.82, 2.24) is 20.4 Å². The number of para-hydroxylation sites is 2. The van der Waals surface area contributed by atoms with Gasteiger partial charge in [0.05, 0.1) is 25.8 Å². The first kappa shape index (κ1) is 19.1. The quantitative estimate of drug-likeness (QED) is 0.681. The van der Waals surface area contributed by atoms with E-state index in [9.17, 15) is 4.79 Å². The van der Waals surface area contributed by atoms with E-state index in [1.807, 2.05) is 42.5 Å². The second kappa shape index (κ2) is 8.08. The highest BCUT2D eigenvalue weighted by atomic mass is 16.5. The SMILES string of the molecule is COc1ccccc1CN1[C@@H]2COC[C@H]1C[C@@H](NC(=O)c1n[nH]c3ccccc13)C2. The molecule has 156 valence electrons. The Morgan fingerprint density at radius 2 is 1.90 bits per heavy atom. The molecule has 2 aliphatic heterocycles. The van der Waals surface area contributed by atoms with Gasteiger partial charge in [-0.05, 0) is 25.0 Å². The molecule has 0 aliphatic carbocycles. The Balaban J connectivity index is 1.29. The molecule has 3 atom stereocenters. The van der Waals surface area contributed by atoms with Crippen LogP contribution in [0.15, 0.2) is 48.5 Å². The van der Waals surface area contributed by atoms with Crippen LogP contribution in [0.1, 0.15) is 28.9 Å². The average molecular weight is 406 g/mol. The van der Waals surface area contributed by atoms with Gasteiger partial charge < -0.3 is 14.8 Å². The Hall–Kier alpha value is -2.90. The first-order valence-corrected chi connectivity index (χ1v) is 10.4. The fourth-order valence-electron chi connectivity index (χ4n) is 4.79. The van der Waals surface area contributed by atoms with Gasteiger partial charge in [-0.2, -0.15) is 5.10 Å². The Morgan fingerprint density at radius 1 is 1.17 bits per heavy atom. The summed E-state index contributed by atoms with van der Waals surface area (Å²) in [6, 6.07) is 16.5. The number of methoxy groups -OCH3 is 1. The fourth-order valence-corrected chi connectivity index (χ4v) is 4.79. The van der Waals surface area contributed by atoms with Crippen LogP contribution >= 0.6 is 0 Å². The molecule has 2 aromatic carbocycles. The van der Waals surface area contributed by atoms with Gasteiger partial charge in [0, 0.05) is 35.6 Å². The molecule has 2 N–H and O–H groups in total. The Labute approximate surface area is 175 Å². The molecular weight excluding hydrogens is 380 g/mol. The number of carbonyl (C=O) groups is 1. The van der Waals surface area contributed by atoms with Crippen molar-refractivity contribution in [3.63, 3.8) is 0 Å². The van der Waals surface area contributed by atoms with Crippen molar-refractivity contribution >= 4 is 16.8 Å². The molecular formula is C23H26N4O3. The molecule has 0 saturated carbocycles. The summed E-state index contributed by atoms with van der Waals surface area (Å²) in [5.41, 5.74) is 2.52. The van der Waals surface area contributed by atoms with E-state index in [0.717, 1.165) is 36.0 Å². The van der Waals surface area contributed by atoms with Crippen molar-refractivity contribution < 1.29 is 14.3 Å². The lowest BCUT2D eigenvalue weighted by Crippen LogP contribution is -2.60. The number of aromatic amines is 1. The molecule has 2 aliphatic rings. The summed E-state index contributed by atoms with van der Waals surface area (Å²) in [5, 5.41) is 11.3. The number of nitrogens with zero attached hydrogens (tertiary/aromatic N) is 2. The largest absolute Gasteiger partial charge is 0.496 e. The molecule has 3 heterocycles. The molecule has 0 spiro atoms. The van der Waals surface area contributed by atoms with Gasteiger partial charge in [-0.25, -0.2) is 0 Å². The maximum Gasteiger partial charge on any atom is 0.272 e. The monoisotopic (exact) mass is 406 g/mol. The molecule has 3 aromatic rings. The molecule has 0 unspecified atom stereocenters. The van der Waals surface area contributed by atoms with Crippen molar-refractivity contribution in [3.8, 4) is 5.75 Å². The zero-order valence-electron chi connectivity index (χ0n) is 17.0. The van der Waals surface area contributed by atoms with Crippen LogP contribution in [0.4, 0.5) is 0 Å². The minimum atomic E-state index is -0.116. The second-order valence-electron chi connectivity index (χ2n) is 8.09. The molecule has 7 heteroatoms. The number of ether oxygens (including phenoxy) is 2. The third-order valence-electron chi connectivity index (χ3n) is 6.24. The number of piperidine rings is 1. The van der Waals surface area contributed by atoms with Crippen LogP contribution in [-0.2, 0) is 11.3 Å². The normalized spacial score (nSPS) is 24.0. The van der Waals surface area contributed by atoms with Crippen molar-refractivity contribution in [2.24, 2.45) is 0 Å². The van der Waals surface area contributed by atoms with Gasteiger partial charge in [0.1, 0.15) is 5.75 Å². The molecule has 5 rings (SSSR count). The van der Waals surface area contributed by atoms with Crippen molar-refractivity contribution in [1.29, 1.82) is 0 Å². The number of carbonyl (C=O) groups excluding carboxylic acids is 1. The number of benzene rings is 2. The van der Waals surface area contributed by atoms with E-state index in [0.29, 0.717) is 18.9 Å². The highest BCUT2D eigenvalue weighted by molar-refractivity contribution is 6.04. The van der Waals surface area contributed by atoms with Gasteiger partial charge >= 0.3 is 0 Å². The van der Waals surface area contributed by atoms with Gasteiger partial charge in [-0.1, -0.05) is 36.4 Å². The molecule has 30 heavy (non-hydrogen) atoms. The zero-order chi connectivity index (χ0) is 20.5. The Bertz CT molecular complexity index is 1040. The lowest BCUT2D eigenvalue weighted by molar-refractivity contribution is -0.0845. The van der Waals surface area contributed by atoms with E-state index in [1.54, 1.807) is 7.11 Å². The highest BCUT2D eigenvalue weighted by Crippen LogP contribution is 2.31. The summed E-state index contributed by atoms with van der Waals surface area (Å²) in [4.78, 5) is 15.4. The number of hydrogen-bond donors (Lipinski definition) is 2. The number of morpholine rings is 1. The minimum Gasteiger partial charge on any atom is -0.496 e. The maximum absolute atomic E-state index is 12.9. The Morgan fingerprint density at radius 3 is 2.70 bits per heavy atom. The first-order chi connectivity index (χ1) is 14.7. The summed E-state index contributed by atoms with van der Waals surface area (Å²) in [6.07, 6.45) is 1.72. The molecule has 2 saturated heterocycles. The number of H-pyrrole nitrogens is 1. The molecule has 0 radical (unpaired) electrons. The van der Waals surface area contributed by atoms with Gasteiger partial charge in [0.2, 0.25) is 0 Å². The van der Waals surface area contributed by atoms with E-state index < -0.39 is 0 Å². The summed E-state index contributed by atoms with van der Waals surface area (Å²) in [7, 11) is 1.71. The lowest BCUT2D eigenvalue weighted by Gasteiger charge is -2.48. The topological polar surface area (TPSA) is 79.5 Å². The standard InChI is InChI=1S/C23H26N4O3/c1-29-21-9-5-2-6-15(21)12-27-17-10-16(11-18(27)14-30-13-17)24-23(28)22-19-7-3-4-8-20(19)25-26-22/h2-9,16-18H,10-14H2,1H3,(H,24,28)(H,25,26)/t16-,17-,18+. The zero-order valence-corrected chi connectivity index (χ0v) is 17.0. The van der Waals surface area contributed by atoms with Gasteiger partial charge in [-0.15, -0.1) is 0 Å². The van der Waals surface area contributed by atoms with Crippen LogP contribution in [0.3, 0.4) is 0 Å². The number of rotatable bonds is 5. The highest BCUT2D eigenvalue weighted by Gasteiger charge is 2.40. The second-order valence-corrected chi connectivity index (χ2v) is 8.09. The number of fused-ring (bicyclic) bond motifs is 3. The van der Waals surface area contributed by atoms with E-state index in [4.69, 9.17) is 9.47 Å². The van der Waals surface area contributed by atoms with Gasteiger partial charge in [0.25, 0.3) is 5.91 Å². The van der Waals surface area contributed by atoms with Crippen LogP contribution in [-0.4, -0.2) is 59.5 Å². The molecule has 2 bridgehead atoms. The average Bonchev–Trinajstić information content (AvgIpc) is 3.19. The minimum absolute atomic E-state index is 0.112. The third-order valence-corrected chi connectivity index (χ3v) is 6.24. The van der Waals surface area contributed by atoms with Crippen LogP contribution in [0.25, 0.3) is 10.9 Å². The molecule has 1 amide bonds. The number of aromatic nitrogens is 2. The smallest absolute Gasteiger partial charge is 0.272 e. The Kier molecular flexibility index (Phi) is 5.14. The van der Waals surface area contributed by atoms with Crippen LogP contribution < -0.4 is 10.1 Å². The fraction of sp³-hybridized carbons (Fsp3) is 0.391. The summed E-state index contributed by atoms with van der Waals surface area (Å²) in [5.74, 6) is 0.798. The maximum atomic E-state index is 12.9. The van der Waals surface area contributed by atoms with Crippen LogP contribution in [0.2, 0.25) is 0 Å². The number of hydrogen-bond acceptors (Lipinski definition) is 5. The van der Waals surface area contributed by atoms with Crippen molar-refractivity contribution in [2.45, 2.75) is 37.5 Å². The first-order valence-electron chi connectivity index (χ1n) is 10.4. The summed E-state index contributed by atoms with van der Waals surface area (Å²) >= 11 is 0. The molecule has 1 aromatic heterocycles. The predicted octanol–water partition coefficient (Wildman–Crippen LogP) is 2.73. The van der Waals surface area contributed by atoms with E-state index in [-0.39, 0.29) is 24.0 Å². The third kappa shape index (κ3) is 3.55. The van der Waals surface area contributed by atoms with E-state index >= 15 is 0 Å². The van der Waals surface area contributed by atoms with Gasteiger partial charge in [-0.3, -0.25) is 14.8 Å². The van der Waals surface area contributed by atoms with Crippen LogP contribution in [0, 0.1) is 0 Å². The lowest BCUT2D eigenvalue weighted by atomic mass is 9.89. The summed E-state index contributed by atoms with van der Waals surface area (Å²) < 4.78 is 11.4. The van der Waals surface area contributed by atoms with Gasteiger partial charge in [0.15, 0.2) is 5.69 Å². The van der Waals surface area contributed by atoms with Crippen molar-refractivity contribution in [2.75, 3.05) is 20.3 Å². The van der Waals surface area contributed by atoms with Crippen molar-refractivity contribution in [3.05, 3.63) is 59.8 Å².